The van der Waals surface area contributed by atoms with Crippen molar-refractivity contribution in [3.8, 4) is 50.5 Å². The van der Waals surface area contributed by atoms with Gasteiger partial charge in [0.05, 0.1) is 10.0 Å². The lowest BCUT2D eigenvalue weighted by Gasteiger charge is -2.16. The first-order valence-corrected chi connectivity index (χ1v) is 11.7. The fourth-order valence-electron chi connectivity index (χ4n) is 4.62. The minimum Gasteiger partial charge on any atom is -0.506 e. The van der Waals surface area contributed by atoms with Gasteiger partial charge in [0.15, 0.2) is 5.58 Å². The van der Waals surface area contributed by atoms with Gasteiger partial charge < -0.3 is 9.52 Å². The van der Waals surface area contributed by atoms with Gasteiger partial charge in [-0.05, 0) is 34.9 Å². The number of phenols is 1. The third kappa shape index (κ3) is 3.27. The van der Waals surface area contributed by atoms with Crippen LogP contribution in [0.4, 0.5) is 0 Å². The second kappa shape index (κ2) is 8.25. The number of hydrogen-bond acceptors (Lipinski definition) is 2. The number of aromatic hydroxyl groups is 1. The third-order valence-electron chi connectivity index (χ3n) is 6.14. The fourth-order valence-corrected chi connectivity index (χ4v) is 5.01. The summed E-state index contributed by atoms with van der Waals surface area (Å²) < 4.78 is 6.54. The lowest BCUT2D eigenvalue weighted by atomic mass is 9.92. The molecule has 1 aliphatic heterocycles. The van der Waals surface area contributed by atoms with Crippen LogP contribution >= 0.6 is 23.2 Å². The molecule has 0 spiro atoms. The fraction of sp³-hybridized carbons (Fsp3) is 0. The number of benzene rings is 4. The SMILES string of the molecule is Oc1c(Cl)cccc1-c1cc(-c2ccccc2)c2c(-c3ccccc3)oc3c(Cl)cccc3c1-2. The van der Waals surface area contributed by atoms with Gasteiger partial charge in [-0.1, -0.05) is 108 Å². The van der Waals surface area contributed by atoms with Crippen molar-refractivity contribution in [3.63, 3.8) is 0 Å². The molecule has 4 aromatic carbocycles. The van der Waals surface area contributed by atoms with E-state index in [-0.39, 0.29) is 5.75 Å². The highest BCUT2D eigenvalue weighted by atomic mass is 35.5. The second-order valence-electron chi connectivity index (χ2n) is 8.14. The predicted molar refractivity (Wildman–Crippen MR) is 141 cm³/mol. The summed E-state index contributed by atoms with van der Waals surface area (Å²) in [6.45, 7) is 0. The maximum absolute atomic E-state index is 10.9. The normalized spacial score (nSPS) is 11.4. The van der Waals surface area contributed by atoms with Gasteiger partial charge in [0.2, 0.25) is 0 Å². The molecule has 34 heavy (non-hydrogen) atoms. The number of rotatable bonds is 3. The van der Waals surface area contributed by atoms with Gasteiger partial charge in [-0.2, -0.15) is 0 Å². The van der Waals surface area contributed by atoms with Crippen molar-refractivity contribution in [2.45, 2.75) is 0 Å². The van der Waals surface area contributed by atoms with E-state index in [2.05, 4.69) is 18.2 Å². The molecule has 4 heteroatoms. The number of hydrogen-bond donors (Lipinski definition) is 1. The number of halogens is 2. The van der Waals surface area contributed by atoms with Gasteiger partial charge in [-0.3, -0.25) is 0 Å². The molecule has 6 rings (SSSR count). The van der Waals surface area contributed by atoms with Crippen molar-refractivity contribution in [2.24, 2.45) is 0 Å². The Morgan fingerprint density at radius 3 is 1.94 bits per heavy atom. The first-order valence-electron chi connectivity index (χ1n) is 10.9. The van der Waals surface area contributed by atoms with Gasteiger partial charge in [0.1, 0.15) is 11.5 Å². The molecular weight excluding hydrogens is 463 g/mol. The Balaban J connectivity index is 1.83. The molecule has 0 unspecified atom stereocenters. The van der Waals surface area contributed by atoms with E-state index in [0.29, 0.717) is 21.2 Å². The summed E-state index contributed by atoms with van der Waals surface area (Å²) >= 11 is 13.0. The van der Waals surface area contributed by atoms with Crippen LogP contribution in [0.2, 0.25) is 10.0 Å². The summed E-state index contributed by atoms with van der Waals surface area (Å²) in [5, 5.41) is 12.6. The predicted octanol–water partition coefficient (Wildman–Crippen LogP) is 9.55. The molecule has 0 aromatic heterocycles. The van der Waals surface area contributed by atoms with Gasteiger partial charge in [0.25, 0.3) is 0 Å². The van der Waals surface area contributed by atoms with Crippen LogP contribution in [0, 0.1) is 0 Å². The maximum Gasteiger partial charge on any atom is 0.153 e. The minimum atomic E-state index is 0.0490. The molecule has 0 radical (unpaired) electrons. The Morgan fingerprint density at radius 2 is 1.21 bits per heavy atom. The highest BCUT2D eigenvalue weighted by Crippen LogP contribution is 2.54. The van der Waals surface area contributed by atoms with Crippen molar-refractivity contribution in [1.82, 2.24) is 0 Å². The summed E-state index contributed by atoms with van der Waals surface area (Å²) in [5.41, 5.74) is 7.05. The zero-order valence-corrected chi connectivity index (χ0v) is 19.4. The lowest BCUT2D eigenvalue weighted by Crippen LogP contribution is -1.91. The van der Waals surface area contributed by atoms with Crippen LogP contribution in [-0.2, 0) is 0 Å². The molecule has 2 aliphatic rings. The highest BCUT2D eigenvalue weighted by molar-refractivity contribution is 6.35. The van der Waals surface area contributed by atoms with Gasteiger partial charge >= 0.3 is 0 Å². The smallest absolute Gasteiger partial charge is 0.153 e. The van der Waals surface area contributed by atoms with Crippen LogP contribution in [0.15, 0.2) is 108 Å². The Hall–Kier alpha value is -3.72. The van der Waals surface area contributed by atoms with Crippen molar-refractivity contribution in [3.05, 3.63) is 113 Å². The van der Waals surface area contributed by atoms with E-state index in [1.54, 1.807) is 6.07 Å². The Kier molecular flexibility index (Phi) is 5.06. The largest absolute Gasteiger partial charge is 0.506 e. The quantitative estimate of drug-likeness (QED) is 0.273. The molecule has 0 saturated heterocycles. The van der Waals surface area contributed by atoms with Crippen LogP contribution in [0.1, 0.15) is 0 Å². The maximum atomic E-state index is 10.9. The van der Waals surface area contributed by atoms with E-state index >= 15 is 0 Å². The van der Waals surface area contributed by atoms with Crippen LogP contribution in [0.5, 0.6) is 5.75 Å². The second-order valence-corrected chi connectivity index (χ2v) is 8.95. The number of fused-ring (bicyclic) bond motifs is 3. The molecule has 1 heterocycles. The molecule has 0 bridgehead atoms. The number of phenolic OH excluding ortho intramolecular Hbond substituents is 1. The zero-order chi connectivity index (χ0) is 23.2. The molecule has 0 fully saturated rings. The van der Waals surface area contributed by atoms with Crippen molar-refractivity contribution < 1.29 is 9.52 Å². The third-order valence-corrected chi connectivity index (χ3v) is 6.75. The molecule has 4 aromatic rings. The van der Waals surface area contributed by atoms with Gasteiger partial charge in [-0.25, -0.2) is 0 Å². The van der Waals surface area contributed by atoms with Crippen LogP contribution in [-0.4, -0.2) is 5.11 Å². The van der Waals surface area contributed by atoms with E-state index in [9.17, 15) is 5.11 Å². The lowest BCUT2D eigenvalue weighted by molar-refractivity contribution is 0.477. The monoisotopic (exact) mass is 480 g/mol. The van der Waals surface area contributed by atoms with Crippen molar-refractivity contribution in [2.75, 3.05) is 0 Å². The van der Waals surface area contributed by atoms with E-state index in [1.807, 2.05) is 78.9 Å². The van der Waals surface area contributed by atoms with E-state index in [1.165, 1.54) is 0 Å². The first-order chi connectivity index (χ1) is 16.6. The number of para-hydroxylation sites is 2. The summed E-state index contributed by atoms with van der Waals surface area (Å²) in [6, 6.07) is 33.5. The molecule has 164 valence electrons. The van der Waals surface area contributed by atoms with Crippen LogP contribution in [0.3, 0.4) is 0 Å². The van der Waals surface area contributed by atoms with E-state index in [4.69, 9.17) is 27.6 Å². The molecule has 0 saturated carbocycles. The summed E-state index contributed by atoms with van der Waals surface area (Å²) in [7, 11) is 0. The molecule has 0 atom stereocenters. The molecule has 2 nitrogen and oxygen atoms in total. The van der Waals surface area contributed by atoms with Gasteiger partial charge in [-0.15, -0.1) is 0 Å². The topological polar surface area (TPSA) is 33.4 Å². The average Bonchev–Trinajstić information content (AvgIpc) is 3.27. The Labute approximate surface area is 207 Å². The first kappa shape index (κ1) is 20.9. The van der Waals surface area contributed by atoms with Crippen LogP contribution < -0.4 is 0 Å². The Bertz CT molecular complexity index is 1620. The summed E-state index contributed by atoms with van der Waals surface area (Å²) in [5.74, 6) is 0.774. The minimum absolute atomic E-state index is 0.0490. The standard InChI is InChI=1S/C30H18Cl2O2/c31-24-15-7-13-20(28(24)33)23-17-22(18-9-3-1-4-10-18)27-26(23)21-14-8-16-25(32)30(21)34-29(27)19-11-5-2-6-12-19/h1-17,33H. The average molecular weight is 481 g/mol. The molecule has 0 amide bonds. The van der Waals surface area contributed by atoms with Crippen molar-refractivity contribution >= 4 is 34.2 Å². The molecule has 1 N–H and O–H groups in total. The Morgan fingerprint density at radius 1 is 0.559 bits per heavy atom. The summed E-state index contributed by atoms with van der Waals surface area (Å²) in [4.78, 5) is 0. The van der Waals surface area contributed by atoms with E-state index in [0.717, 1.165) is 44.5 Å². The van der Waals surface area contributed by atoms with Crippen LogP contribution in [0.25, 0.3) is 55.7 Å². The molecule has 1 aliphatic carbocycles. The van der Waals surface area contributed by atoms with E-state index < -0.39 is 0 Å². The highest BCUT2D eigenvalue weighted by Gasteiger charge is 2.28. The molecular formula is C30H18Cl2O2. The van der Waals surface area contributed by atoms with Gasteiger partial charge in [0, 0.05) is 27.6 Å². The van der Waals surface area contributed by atoms with Crippen molar-refractivity contribution in [1.29, 1.82) is 0 Å². The summed E-state index contributed by atoms with van der Waals surface area (Å²) in [6.07, 6.45) is 0. The zero-order valence-electron chi connectivity index (χ0n) is 17.9.